The summed E-state index contributed by atoms with van der Waals surface area (Å²) in [5.41, 5.74) is 1.47. The molecule has 2 rings (SSSR count). The van der Waals surface area contributed by atoms with Crippen molar-refractivity contribution in [3.8, 4) is 0 Å². The molecule has 1 aliphatic rings. The number of hydrogen-bond donors (Lipinski definition) is 1. The lowest BCUT2D eigenvalue weighted by Crippen LogP contribution is -2.44. The summed E-state index contributed by atoms with van der Waals surface area (Å²) in [6.07, 6.45) is 5.00. The molecule has 21 heavy (non-hydrogen) atoms. The molecule has 1 saturated heterocycles. The first-order valence-electron chi connectivity index (χ1n) is 8.72. The van der Waals surface area contributed by atoms with Gasteiger partial charge >= 0.3 is 0 Å². The fourth-order valence-electron chi connectivity index (χ4n) is 3.25. The first-order valence-corrected chi connectivity index (χ1v) is 8.72. The Hall–Kier alpha value is -0.860. The first kappa shape index (κ1) is 16.5. The smallest absolute Gasteiger partial charge is 0.0220 e. The Morgan fingerprint density at radius 3 is 2.71 bits per heavy atom. The van der Waals surface area contributed by atoms with Crippen molar-refractivity contribution < 1.29 is 0 Å². The van der Waals surface area contributed by atoms with Crippen LogP contribution in [0.2, 0.25) is 0 Å². The Bertz CT molecular complexity index is 390. The Morgan fingerprint density at radius 1 is 1.24 bits per heavy atom. The van der Waals surface area contributed by atoms with Gasteiger partial charge in [-0.3, -0.25) is 4.90 Å². The van der Waals surface area contributed by atoms with Crippen molar-refractivity contribution in [3.63, 3.8) is 0 Å². The Morgan fingerprint density at radius 2 is 2.00 bits per heavy atom. The second kappa shape index (κ2) is 8.55. The summed E-state index contributed by atoms with van der Waals surface area (Å²) in [6, 6.07) is 12.2. The second-order valence-electron chi connectivity index (χ2n) is 6.67. The number of nitrogens with one attached hydrogen (secondary N) is 1. The van der Waals surface area contributed by atoms with Crippen LogP contribution >= 0.6 is 0 Å². The molecule has 2 heteroatoms. The van der Waals surface area contributed by atoms with Gasteiger partial charge in [0.05, 0.1) is 0 Å². The average molecular weight is 288 g/mol. The molecule has 1 aromatic carbocycles. The summed E-state index contributed by atoms with van der Waals surface area (Å²) in [5, 5.41) is 3.75. The maximum absolute atomic E-state index is 3.75. The highest BCUT2D eigenvalue weighted by Crippen LogP contribution is 2.16. The minimum Gasteiger partial charge on any atom is -0.312 e. The third-order valence-electron chi connectivity index (χ3n) is 5.11. The van der Waals surface area contributed by atoms with Crippen LogP contribution in [-0.4, -0.2) is 36.6 Å². The lowest BCUT2D eigenvalue weighted by Gasteiger charge is -2.32. The number of rotatable bonds is 6. The zero-order chi connectivity index (χ0) is 15.1. The summed E-state index contributed by atoms with van der Waals surface area (Å²) in [6.45, 7) is 10.7. The standard InChI is InChI=1S/C19H32N2/c1-4-16(2)19-15-21(14-8-13-20-19)17(3)11-12-18-9-6-5-7-10-18/h5-7,9-10,16-17,19-20H,4,8,11-15H2,1-3H3. The van der Waals surface area contributed by atoms with Gasteiger partial charge in [0.25, 0.3) is 0 Å². The van der Waals surface area contributed by atoms with Crippen LogP contribution in [0, 0.1) is 5.92 Å². The van der Waals surface area contributed by atoms with Crippen molar-refractivity contribution in [1.29, 1.82) is 0 Å². The van der Waals surface area contributed by atoms with Crippen LogP contribution in [0.1, 0.15) is 45.6 Å². The Kier molecular flexibility index (Phi) is 6.72. The molecular formula is C19H32N2. The monoisotopic (exact) mass is 288 g/mol. The van der Waals surface area contributed by atoms with Crippen LogP contribution < -0.4 is 5.32 Å². The molecule has 0 aliphatic carbocycles. The zero-order valence-corrected chi connectivity index (χ0v) is 14.0. The van der Waals surface area contributed by atoms with Crippen molar-refractivity contribution in [2.24, 2.45) is 5.92 Å². The molecule has 0 radical (unpaired) electrons. The van der Waals surface area contributed by atoms with E-state index in [1.54, 1.807) is 0 Å². The van der Waals surface area contributed by atoms with Gasteiger partial charge in [0, 0.05) is 18.6 Å². The fourth-order valence-corrected chi connectivity index (χ4v) is 3.25. The van der Waals surface area contributed by atoms with E-state index in [0.29, 0.717) is 12.1 Å². The van der Waals surface area contributed by atoms with Crippen molar-refractivity contribution in [2.75, 3.05) is 19.6 Å². The molecule has 0 spiro atoms. The highest BCUT2D eigenvalue weighted by atomic mass is 15.2. The van der Waals surface area contributed by atoms with Gasteiger partial charge in [-0.15, -0.1) is 0 Å². The van der Waals surface area contributed by atoms with Gasteiger partial charge in [-0.1, -0.05) is 50.6 Å². The van der Waals surface area contributed by atoms with E-state index < -0.39 is 0 Å². The van der Waals surface area contributed by atoms with Crippen molar-refractivity contribution in [2.45, 2.75) is 58.5 Å². The van der Waals surface area contributed by atoms with E-state index >= 15 is 0 Å². The highest BCUT2D eigenvalue weighted by Gasteiger charge is 2.24. The lowest BCUT2D eigenvalue weighted by atomic mass is 9.98. The first-order chi connectivity index (χ1) is 10.2. The van der Waals surface area contributed by atoms with Crippen molar-refractivity contribution in [1.82, 2.24) is 10.2 Å². The SMILES string of the molecule is CCC(C)C1CN(C(C)CCc2ccccc2)CCCN1. The third kappa shape index (κ3) is 5.12. The molecule has 3 atom stereocenters. The van der Waals surface area contributed by atoms with Crippen LogP contribution in [0.5, 0.6) is 0 Å². The number of hydrogen-bond acceptors (Lipinski definition) is 2. The molecule has 3 unspecified atom stereocenters. The van der Waals surface area contributed by atoms with E-state index in [2.05, 4.69) is 61.3 Å². The number of nitrogens with zero attached hydrogens (tertiary/aromatic N) is 1. The van der Waals surface area contributed by atoms with E-state index in [1.807, 2.05) is 0 Å². The lowest BCUT2D eigenvalue weighted by molar-refractivity contribution is 0.180. The van der Waals surface area contributed by atoms with E-state index in [0.717, 1.165) is 5.92 Å². The van der Waals surface area contributed by atoms with Crippen molar-refractivity contribution >= 4 is 0 Å². The van der Waals surface area contributed by atoms with Gasteiger partial charge in [0.1, 0.15) is 0 Å². The van der Waals surface area contributed by atoms with Crippen LogP contribution in [0.15, 0.2) is 30.3 Å². The molecule has 1 fully saturated rings. The minimum atomic E-state index is 0.664. The average Bonchev–Trinajstić information content (AvgIpc) is 2.79. The topological polar surface area (TPSA) is 15.3 Å². The predicted octanol–water partition coefficient (Wildman–Crippen LogP) is 3.72. The number of aryl methyl sites for hydroxylation is 1. The molecule has 1 heterocycles. The van der Waals surface area contributed by atoms with Crippen molar-refractivity contribution in [3.05, 3.63) is 35.9 Å². The second-order valence-corrected chi connectivity index (χ2v) is 6.67. The van der Waals surface area contributed by atoms with E-state index in [4.69, 9.17) is 0 Å². The molecule has 118 valence electrons. The third-order valence-corrected chi connectivity index (χ3v) is 5.11. The molecule has 1 aliphatic heterocycles. The minimum absolute atomic E-state index is 0.664. The summed E-state index contributed by atoms with van der Waals surface area (Å²) in [7, 11) is 0. The predicted molar refractivity (Wildman–Crippen MR) is 91.7 cm³/mol. The van der Waals surface area contributed by atoms with Gasteiger partial charge in [-0.05, 0) is 50.8 Å². The Balaban J connectivity index is 1.86. The van der Waals surface area contributed by atoms with Gasteiger partial charge < -0.3 is 5.32 Å². The van der Waals surface area contributed by atoms with Gasteiger partial charge in [-0.25, -0.2) is 0 Å². The highest BCUT2D eigenvalue weighted by molar-refractivity contribution is 5.14. The summed E-state index contributed by atoms with van der Waals surface area (Å²) >= 11 is 0. The quantitative estimate of drug-likeness (QED) is 0.858. The normalized spacial score (nSPS) is 23.5. The van der Waals surface area contributed by atoms with Crippen LogP contribution in [0.25, 0.3) is 0 Å². The molecule has 1 N–H and O–H groups in total. The number of benzene rings is 1. The molecule has 0 amide bonds. The maximum atomic E-state index is 3.75. The van der Waals surface area contributed by atoms with Crippen LogP contribution in [0.4, 0.5) is 0 Å². The fraction of sp³-hybridized carbons (Fsp3) is 0.684. The van der Waals surface area contributed by atoms with Gasteiger partial charge in [0.2, 0.25) is 0 Å². The molecule has 0 aromatic heterocycles. The molecule has 1 aromatic rings. The van der Waals surface area contributed by atoms with E-state index in [9.17, 15) is 0 Å². The van der Waals surface area contributed by atoms with E-state index in [1.165, 1.54) is 50.9 Å². The summed E-state index contributed by atoms with van der Waals surface area (Å²) in [5.74, 6) is 0.770. The van der Waals surface area contributed by atoms with Gasteiger partial charge in [-0.2, -0.15) is 0 Å². The zero-order valence-electron chi connectivity index (χ0n) is 14.0. The summed E-state index contributed by atoms with van der Waals surface area (Å²) < 4.78 is 0. The Labute approximate surface area is 130 Å². The largest absolute Gasteiger partial charge is 0.312 e. The maximum Gasteiger partial charge on any atom is 0.0220 e. The molecule has 2 nitrogen and oxygen atoms in total. The summed E-state index contributed by atoms with van der Waals surface area (Å²) in [4.78, 5) is 2.71. The van der Waals surface area contributed by atoms with Gasteiger partial charge in [0.15, 0.2) is 0 Å². The van der Waals surface area contributed by atoms with Crippen LogP contribution in [-0.2, 0) is 6.42 Å². The van der Waals surface area contributed by atoms with Crippen LogP contribution in [0.3, 0.4) is 0 Å². The van der Waals surface area contributed by atoms with E-state index in [-0.39, 0.29) is 0 Å². The molecule has 0 saturated carbocycles. The molecular weight excluding hydrogens is 256 g/mol. The molecule has 0 bridgehead atoms.